The van der Waals surface area contributed by atoms with Crippen LogP contribution in [0.25, 0.3) is 0 Å². The van der Waals surface area contributed by atoms with Gasteiger partial charge >= 0.3 is 5.69 Å². The van der Waals surface area contributed by atoms with Gasteiger partial charge in [-0.3, -0.25) is 13.9 Å². The summed E-state index contributed by atoms with van der Waals surface area (Å²) in [5.74, 6) is 0.774. The van der Waals surface area contributed by atoms with Crippen LogP contribution in [0.5, 0.6) is 0 Å². The van der Waals surface area contributed by atoms with Crippen molar-refractivity contribution in [2.75, 3.05) is 5.32 Å². The van der Waals surface area contributed by atoms with Gasteiger partial charge in [0, 0.05) is 29.7 Å². The van der Waals surface area contributed by atoms with Crippen LogP contribution < -0.4 is 16.6 Å². The summed E-state index contributed by atoms with van der Waals surface area (Å²) in [7, 11) is 3.02. The van der Waals surface area contributed by atoms with Crippen molar-refractivity contribution in [2.45, 2.75) is 6.04 Å². The predicted octanol–water partition coefficient (Wildman–Crippen LogP) is 1.68. The van der Waals surface area contributed by atoms with Crippen molar-refractivity contribution in [1.29, 1.82) is 0 Å². The first-order chi connectivity index (χ1) is 11.9. The molecular formula is C15H12Cl2N6O2. The maximum absolute atomic E-state index is 12.9. The number of hydrogen-bond acceptors (Lipinski definition) is 5. The zero-order valence-corrected chi connectivity index (χ0v) is 14.7. The molecule has 1 atom stereocenters. The highest BCUT2D eigenvalue weighted by atomic mass is 35.5. The first-order valence-corrected chi connectivity index (χ1v) is 8.07. The van der Waals surface area contributed by atoms with E-state index in [1.807, 2.05) is 0 Å². The Hall–Kier alpha value is -2.58. The zero-order valence-electron chi connectivity index (χ0n) is 13.2. The van der Waals surface area contributed by atoms with Gasteiger partial charge in [0.2, 0.25) is 5.95 Å². The van der Waals surface area contributed by atoms with Gasteiger partial charge in [-0.1, -0.05) is 29.3 Å². The Morgan fingerprint density at radius 2 is 1.92 bits per heavy atom. The van der Waals surface area contributed by atoms with Crippen LogP contribution in [-0.2, 0) is 14.1 Å². The van der Waals surface area contributed by atoms with Crippen molar-refractivity contribution < 1.29 is 0 Å². The SMILES string of the molecule is Cn1c2c(c(=O)n(C)c1=O)C(c1ccc(Cl)cc1Cl)n1ncnc1N2. The summed E-state index contributed by atoms with van der Waals surface area (Å²) in [6.45, 7) is 0. The largest absolute Gasteiger partial charge is 0.332 e. The Kier molecular flexibility index (Phi) is 3.48. The third-order valence-electron chi connectivity index (χ3n) is 4.28. The molecular weight excluding hydrogens is 367 g/mol. The minimum absolute atomic E-state index is 0.354. The third-order valence-corrected chi connectivity index (χ3v) is 4.84. The lowest BCUT2D eigenvalue weighted by Gasteiger charge is -2.29. The lowest BCUT2D eigenvalue weighted by Crippen LogP contribution is -2.43. The normalized spacial score (nSPS) is 15.4. The van der Waals surface area contributed by atoms with Gasteiger partial charge in [-0.15, -0.1) is 0 Å². The molecule has 0 aliphatic carbocycles. The summed E-state index contributed by atoms with van der Waals surface area (Å²) >= 11 is 12.4. The Morgan fingerprint density at radius 3 is 2.64 bits per heavy atom. The van der Waals surface area contributed by atoms with Crippen molar-refractivity contribution in [3.63, 3.8) is 0 Å². The maximum atomic E-state index is 12.9. The van der Waals surface area contributed by atoms with E-state index in [1.165, 1.54) is 17.9 Å². The first-order valence-electron chi connectivity index (χ1n) is 7.31. The van der Waals surface area contributed by atoms with Crippen LogP contribution in [0, 0.1) is 0 Å². The second-order valence-corrected chi connectivity index (χ2v) is 6.53. The minimum Gasteiger partial charge on any atom is -0.310 e. The molecule has 0 bridgehead atoms. The van der Waals surface area contributed by atoms with Crippen molar-refractivity contribution in [2.24, 2.45) is 14.1 Å². The molecule has 1 unspecified atom stereocenters. The highest BCUT2D eigenvalue weighted by molar-refractivity contribution is 6.35. The number of hydrogen-bond donors (Lipinski definition) is 1. The quantitative estimate of drug-likeness (QED) is 0.544. The van der Waals surface area contributed by atoms with E-state index in [4.69, 9.17) is 23.2 Å². The van der Waals surface area contributed by atoms with Crippen molar-refractivity contribution >= 4 is 35.0 Å². The molecule has 4 rings (SSSR count). The average molecular weight is 379 g/mol. The van der Waals surface area contributed by atoms with Gasteiger partial charge in [-0.25, -0.2) is 9.48 Å². The van der Waals surface area contributed by atoms with Crippen LogP contribution in [0.4, 0.5) is 11.8 Å². The van der Waals surface area contributed by atoms with Gasteiger partial charge in [-0.05, 0) is 12.1 Å². The lowest BCUT2D eigenvalue weighted by atomic mass is 9.98. The molecule has 0 radical (unpaired) electrons. The topological polar surface area (TPSA) is 86.7 Å². The van der Waals surface area contributed by atoms with E-state index in [9.17, 15) is 9.59 Å². The highest BCUT2D eigenvalue weighted by Gasteiger charge is 2.34. The van der Waals surface area contributed by atoms with E-state index >= 15 is 0 Å². The monoisotopic (exact) mass is 378 g/mol. The molecule has 8 nitrogen and oxygen atoms in total. The number of aromatic nitrogens is 5. The molecule has 1 aromatic carbocycles. The maximum Gasteiger partial charge on any atom is 0.332 e. The number of nitrogens with zero attached hydrogens (tertiary/aromatic N) is 5. The Morgan fingerprint density at radius 1 is 1.16 bits per heavy atom. The molecule has 1 aliphatic heterocycles. The summed E-state index contributed by atoms with van der Waals surface area (Å²) < 4.78 is 3.98. The van der Waals surface area contributed by atoms with Crippen LogP contribution in [-0.4, -0.2) is 23.9 Å². The average Bonchev–Trinajstić information content (AvgIpc) is 3.05. The standard InChI is InChI=1S/C15H12Cl2N6O2/c1-21-12-10(13(24)22(2)15(21)25)11(23-14(20-12)18-6-19-23)8-4-3-7(16)5-9(8)17/h3-6,11H,1-2H3,(H,18,19,20). The fourth-order valence-electron chi connectivity index (χ4n) is 3.03. The molecule has 128 valence electrons. The molecule has 25 heavy (non-hydrogen) atoms. The number of fused-ring (bicyclic) bond motifs is 2. The van der Waals surface area contributed by atoms with Gasteiger partial charge < -0.3 is 5.32 Å². The predicted molar refractivity (Wildman–Crippen MR) is 93.9 cm³/mol. The van der Waals surface area contributed by atoms with Gasteiger partial charge in [0.05, 0.1) is 5.56 Å². The smallest absolute Gasteiger partial charge is 0.310 e. The Balaban J connectivity index is 2.11. The third kappa shape index (κ3) is 2.21. The second kappa shape index (κ2) is 5.47. The molecule has 0 fully saturated rings. The number of nitrogens with one attached hydrogen (secondary N) is 1. The van der Waals surface area contributed by atoms with E-state index in [2.05, 4.69) is 15.4 Å². The molecule has 10 heteroatoms. The summed E-state index contributed by atoms with van der Waals surface area (Å²) in [6.07, 6.45) is 1.37. The molecule has 0 amide bonds. The van der Waals surface area contributed by atoms with Gasteiger partial charge in [-0.2, -0.15) is 10.1 Å². The van der Waals surface area contributed by atoms with E-state index in [-0.39, 0.29) is 0 Å². The molecule has 1 aliphatic rings. The van der Waals surface area contributed by atoms with E-state index in [1.54, 1.807) is 29.9 Å². The summed E-state index contributed by atoms with van der Waals surface area (Å²) in [4.78, 5) is 29.3. The summed E-state index contributed by atoms with van der Waals surface area (Å²) in [5.41, 5.74) is 0.121. The molecule has 0 saturated carbocycles. The molecule has 3 heterocycles. The number of benzene rings is 1. The van der Waals surface area contributed by atoms with E-state index in [0.717, 1.165) is 4.57 Å². The van der Waals surface area contributed by atoms with E-state index < -0.39 is 17.3 Å². The van der Waals surface area contributed by atoms with Gasteiger partial charge in [0.25, 0.3) is 5.56 Å². The Labute approximate surface area is 151 Å². The lowest BCUT2D eigenvalue weighted by molar-refractivity contribution is 0.558. The molecule has 0 saturated heterocycles. The second-order valence-electron chi connectivity index (χ2n) is 5.69. The van der Waals surface area contributed by atoms with Gasteiger partial charge in [0.1, 0.15) is 18.2 Å². The van der Waals surface area contributed by atoms with Gasteiger partial charge in [0.15, 0.2) is 0 Å². The number of rotatable bonds is 1. The molecule has 1 N–H and O–H groups in total. The van der Waals surface area contributed by atoms with Crippen LogP contribution in [0.3, 0.4) is 0 Å². The fraction of sp³-hybridized carbons (Fsp3) is 0.200. The molecule has 2 aromatic heterocycles. The molecule has 0 spiro atoms. The van der Waals surface area contributed by atoms with E-state index in [0.29, 0.717) is 32.9 Å². The van der Waals surface area contributed by atoms with Crippen molar-refractivity contribution in [3.8, 4) is 0 Å². The van der Waals surface area contributed by atoms with Crippen molar-refractivity contribution in [1.82, 2.24) is 23.9 Å². The summed E-state index contributed by atoms with van der Waals surface area (Å²) in [5, 5.41) is 8.09. The minimum atomic E-state index is -0.635. The first kappa shape index (κ1) is 15.9. The highest BCUT2D eigenvalue weighted by Crippen LogP contribution is 2.39. The molecule has 3 aromatic rings. The fourth-order valence-corrected chi connectivity index (χ4v) is 3.55. The van der Waals surface area contributed by atoms with Crippen LogP contribution >= 0.6 is 23.2 Å². The number of anilines is 2. The number of halogens is 2. The van der Waals surface area contributed by atoms with Crippen molar-refractivity contribution in [3.05, 3.63) is 66.5 Å². The van der Waals surface area contributed by atoms with Crippen LogP contribution in [0.1, 0.15) is 17.2 Å². The van der Waals surface area contributed by atoms with Crippen LogP contribution in [0.15, 0.2) is 34.1 Å². The zero-order chi connectivity index (χ0) is 17.9. The Bertz CT molecular complexity index is 1130. The van der Waals surface area contributed by atoms with Crippen LogP contribution in [0.2, 0.25) is 10.0 Å². The summed E-state index contributed by atoms with van der Waals surface area (Å²) in [6, 6.07) is 4.39.